The average molecular weight is 212 g/mol. The molecule has 0 aliphatic carbocycles. The van der Waals surface area contributed by atoms with Gasteiger partial charge >= 0.3 is 0 Å². The van der Waals surface area contributed by atoms with E-state index in [1.54, 1.807) is 25.2 Å². The van der Waals surface area contributed by atoms with Gasteiger partial charge in [0, 0.05) is 12.6 Å². The Bertz CT molecular complexity index is 306. The molecular formula is C10H16N2O3. The molecule has 3 N–H and O–H groups in total. The number of methoxy groups -OCH3 is 1. The lowest BCUT2D eigenvalue weighted by Crippen LogP contribution is -2.30. The molecule has 0 aliphatic rings. The van der Waals surface area contributed by atoms with Crippen molar-refractivity contribution in [1.29, 1.82) is 0 Å². The van der Waals surface area contributed by atoms with Crippen molar-refractivity contribution < 1.29 is 14.9 Å². The van der Waals surface area contributed by atoms with Gasteiger partial charge in [0.15, 0.2) is 0 Å². The summed E-state index contributed by atoms with van der Waals surface area (Å²) in [6, 6.07) is 5.04. The SMILES string of the molecule is CNCC(O)C(O)c1cccc(OC)n1. The van der Waals surface area contributed by atoms with Crippen LogP contribution in [0.3, 0.4) is 0 Å². The molecule has 1 heterocycles. The Hall–Kier alpha value is -1.17. The minimum absolute atomic E-state index is 0.306. The van der Waals surface area contributed by atoms with Gasteiger partial charge in [-0.2, -0.15) is 0 Å². The van der Waals surface area contributed by atoms with Crippen LogP contribution in [0.25, 0.3) is 0 Å². The summed E-state index contributed by atoms with van der Waals surface area (Å²) < 4.78 is 4.93. The highest BCUT2D eigenvalue weighted by Crippen LogP contribution is 2.17. The summed E-state index contributed by atoms with van der Waals surface area (Å²) in [4.78, 5) is 4.03. The van der Waals surface area contributed by atoms with Crippen molar-refractivity contribution in [2.24, 2.45) is 0 Å². The first-order chi connectivity index (χ1) is 7.19. The highest BCUT2D eigenvalue weighted by molar-refractivity contribution is 5.17. The van der Waals surface area contributed by atoms with Crippen LogP contribution in [-0.4, -0.2) is 42.0 Å². The molecule has 1 aromatic rings. The van der Waals surface area contributed by atoms with E-state index in [0.717, 1.165) is 0 Å². The van der Waals surface area contributed by atoms with Gasteiger partial charge in [0.25, 0.3) is 0 Å². The number of aromatic nitrogens is 1. The van der Waals surface area contributed by atoms with Gasteiger partial charge in [0.05, 0.1) is 18.9 Å². The first kappa shape index (κ1) is 11.9. The Labute approximate surface area is 88.7 Å². The van der Waals surface area contributed by atoms with E-state index in [1.165, 1.54) is 7.11 Å². The van der Waals surface area contributed by atoms with Crippen molar-refractivity contribution in [3.05, 3.63) is 23.9 Å². The quantitative estimate of drug-likeness (QED) is 0.625. The number of rotatable bonds is 5. The van der Waals surface area contributed by atoms with Crippen molar-refractivity contribution in [2.75, 3.05) is 20.7 Å². The molecule has 0 aliphatic heterocycles. The molecule has 0 spiro atoms. The van der Waals surface area contributed by atoms with E-state index in [9.17, 15) is 10.2 Å². The number of aliphatic hydroxyl groups excluding tert-OH is 2. The van der Waals surface area contributed by atoms with E-state index in [0.29, 0.717) is 18.1 Å². The predicted molar refractivity (Wildman–Crippen MR) is 55.7 cm³/mol. The summed E-state index contributed by atoms with van der Waals surface area (Å²) in [7, 11) is 3.21. The monoisotopic (exact) mass is 212 g/mol. The van der Waals surface area contributed by atoms with Gasteiger partial charge in [-0.3, -0.25) is 0 Å². The zero-order chi connectivity index (χ0) is 11.3. The number of nitrogens with one attached hydrogen (secondary N) is 1. The summed E-state index contributed by atoms with van der Waals surface area (Å²) in [5.74, 6) is 0.420. The largest absolute Gasteiger partial charge is 0.481 e. The van der Waals surface area contributed by atoms with Gasteiger partial charge in [0.1, 0.15) is 6.10 Å². The minimum Gasteiger partial charge on any atom is -0.481 e. The molecular weight excluding hydrogens is 196 g/mol. The van der Waals surface area contributed by atoms with Crippen LogP contribution >= 0.6 is 0 Å². The summed E-state index contributed by atoms with van der Waals surface area (Å²) in [5.41, 5.74) is 0.400. The molecule has 0 fully saturated rings. The van der Waals surface area contributed by atoms with E-state index in [1.807, 2.05) is 0 Å². The van der Waals surface area contributed by atoms with Crippen LogP contribution in [-0.2, 0) is 0 Å². The number of likely N-dealkylation sites (N-methyl/N-ethyl adjacent to an activating group) is 1. The Morgan fingerprint density at radius 3 is 2.80 bits per heavy atom. The molecule has 5 heteroatoms. The van der Waals surface area contributed by atoms with Crippen molar-refractivity contribution in [3.63, 3.8) is 0 Å². The maximum Gasteiger partial charge on any atom is 0.213 e. The van der Waals surface area contributed by atoms with Gasteiger partial charge in [0.2, 0.25) is 5.88 Å². The summed E-state index contributed by atoms with van der Waals surface area (Å²) in [5, 5.41) is 22.1. The number of nitrogens with zero attached hydrogens (tertiary/aromatic N) is 1. The fraction of sp³-hybridized carbons (Fsp3) is 0.500. The molecule has 1 rings (SSSR count). The van der Waals surface area contributed by atoms with Crippen molar-refractivity contribution >= 4 is 0 Å². The molecule has 5 nitrogen and oxygen atoms in total. The molecule has 0 saturated heterocycles. The van der Waals surface area contributed by atoms with E-state index in [4.69, 9.17) is 4.74 Å². The van der Waals surface area contributed by atoms with Crippen LogP contribution in [0.15, 0.2) is 18.2 Å². The maximum atomic E-state index is 9.73. The fourth-order valence-electron chi connectivity index (χ4n) is 1.23. The molecule has 0 radical (unpaired) electrons. The van der Waals surface area contributed by atoms with E-state index >= 15 is 0 Å². The van der Waals surface area contributed by atoms with E-state index in [2.05, 4.69) is 10.3 Å². The second-order valence-corrected chi connectivity index (χ2v) is 3.17. The van der Waals surface area contributed by atoms with Gasteiger partial charge in [-0.15, -0.1) is 0 Å². The van der Waals surface area contributed by atoms with Crippen LogP contribution in [0, 0.1) is 0 Å². The van der Waals surface area contributed by atoms with Crippen LogP contribution in [0.1, 0.15) is 11.8 Å². The molecule has 15 heavy (non-hydrogen) atoms. The second-order valence-electron chi connectivity index (χ2n) is 3.17. The number of aliphatic hydroxyl groups is 2. The minimum atomic E-state index is -1.01. The lowest BCUT2D eigenvalue weighted by Gasteiger charge is -2.17. The lowest BCUT2D eigenvalue weighted by atomic mass is 10.1. The number of hydrogen-bond donors (Lipinski definition) is 3. The zero-order valence-corrected chi connectivity index (χ0v) is 8.84. The normalized spacial score (nSPS) is 14.7. The average Bonchev–Trinajstić information content (AvgIpc) is 2.28. The van der Waals surface area contributed by atoms with Gasteiger partial charge in [-0.1, -0.05) is 6.07 Å². The van der Waals surface area contributed by atoms with E-state index < -0.39 is 12.2 Å². The van der Waals surface area contributed by atoms with Gasteiger partial charge < -0.3 is 20.3 Å². The van der Waals surface area contributed by atoms with Gasteiger partial charge in [-0.05, 0) is 13.1 Å². The molecule has 0 aromatic carbocycles. The maximum absolute atomic E-state index is 9.73. The molecule has 0 bridgehead atoms. The first-order valence-electron chi connectivity index (χ1n) is 4.70. The van der Waals surface area contributed by atoms with Crippen molar-refractivity contribution in [3.8, 4) is 5.88 Å². The first-order valence-corrected chi connectivity index (χ1v) is 4.70. The van der Waals surface area contributed by atoms with Crippen LogP contribution < -0.4 is 10.1 Å². The molecule has 84 valence electrons. The van der Waals surface area contributed by atoms with Gasteiger partial charge in [-0.25, -0.2) is 4.98 Å². The van der Waals surface area contributed by atoms with Crippen LogP contribution in [0.4, 0.5) is 0 Å². The van der Waals surface area contributed by atoms with Crippen LogP contribution in [0.5, 0.6) is 5.88 Å². The van der Waals surface area contributed by atoms with Crippen molar-refractivity contribution in [1.82, 2.24) is 10.3 Å². The Kier molecular flexibility index (Phi) is 4.48. The number of pyridine rings is 1. The third-order valence-corrected chi connectivity index (χ3v) is 2.03. The van der Waals surface area contributed by atoms with E-state index in [-0.39, 0.29) is 0 Å². The Morgan fingerprint density at radius 2 is 2.20 bits per heavy atom. The standard InChI is InChI=1S/C10H16N2O3/c1-11-6-8(13)10(14)7-4-3-5-9(12-7)15-2/h3-5,8,10-11,13-14H,6H2,1-2H3. The zero-order valence-electron chi connectivity index (χ0n) is 8.84. The molecule has 1 aromatic heterocycles. The highest BCUT2D eigenvalue weighted by Gasteiger charge is 2.19. The number of ether oxygens (including phenoxy) is 1. The Morgan fingerprint density at radius 1 is 1.47 bits per heavy atom. The topological polar surface area (TPSA) is 74.6 Å². The summed E-state index contributed by atoms with van der Waals surface area (Å²) >= 11 is 0. The third kappa shape index (κ3) is 3.16. The molecule has 0 amide bonds. The second kappa shape index (κ2) is 5.65. The molecule has 2 atom stereocenters. The molecule has 2 unspecified atom stereocenters. The Balaban J connectivity index is 2.76. The van der Waals surface area contributed by atoms with Crippen molar-refractivity contribution in [2.45, 2.75) is 12.2 Å². The fourth-order valence-corrected chi connectivity index (χ4v) is 1.23. The smallest absolute Gasteiger partial charge is 0.213 e. The lowest BCUT2D eigenvalue weighted by molar-refractivity contribution is 0.0174. The predicted octanol–water partition coefficient (Wildman–Crippen LogP) is -0.296. The molecule has 0 saturated carbocycles. The summed E-state index contributed by atoms with van der Waals surface area (Å²) in [6.07, 6.45) is -1.89. The summed E-state index contributed by atoms with van der Waals surface area (Å²) in [6.45, 7) is 0.306. The third-order valence-electron chi connectivity index (χ3n) is 2.03. The number of hydrogen-bond acceptors (Lipinski definition) is 5. The van der Waals surface area contributed by atoms with Crippen LogP contribution in [0.2, 0.25) is 0 Å². The highest BCUT2D eigenvalue weighted by atomic mass is 16.5.